The fourth-order valence-corrected chi connectivity index (χ4v) is 3.34. The van der Waals surface area contributed by atoms with Crippen molar-refractivity contribution in [2.45, 2.75) is 38.3 Å². The van der Waals surface area contributed by atoms with Crippen LogP contribution in [0.1, 0.15) is 30.7 Å². The minimum absolute atomic E-state index is 0.436. The first-order valence-electron chi connectivity index (χ1n) is 6.67. The number of pyridine rings is 1. The minimum atomic E-state index is 0.436. The Labute approximate surface area is 103 Å². The zero-order valence-corrected chi connectivity index (χ0v) is 10.6. The molecule has 1 aromatic rings. The molecule has 2 aliphatic rings. The first-order valence-corrected chi connectivity index (χ1v) is 6.67. The Bertz CT molecular complexity index is 391. The lowest BCUT2D eigenvalue weighted by Gasteiger charge is -2.34. The normalized spacial score (nSPS) is 29.2. The molecule has 1 unspecified atom stereocenters. The van der Waals surface area contributed by atoms with Crippen molar-refractivity contribution in [2.75, 3.05) is 19.6 Å². The van der Waals surface area contributed by atoms with Gasteiger partial charge >= 0.3 is 0 Å². The van der Waals surface area contributed by atoms with Gasteiger partial charge in [0.2, 0.25) is 0 Å². The highest BCUT2D eigenvalue weighted by molar-refractivity contribution is 5.12. The van der Waals surface area contributed by atoms with E-state index in [0.29, 0.717) is 5.54 Å². The van der Waals surface area contributed by atoms with E-state index in [9.17, 15) is 0 Å². The number of likely N-dealkylation sites (tertiary alicyclic amines) is 1. The molecule has 2 fully saturated rings. The summed E-state index contributed by atoms with van der Waals surface area (Å²) in [6.07, 6.45) is 4.00. The van der Waals surface area contributed by atoms with Gasteiger partial charge in [-0.2, -0.15) is 0 Å². The molecule has 17 heavy (non-hydrogen) atoms. The van der Waals surface area contributed by atoms with E-state index in [1.165, 1.54) is 44.6 Å². The molecule has 1 atom stereocenters. The topological polar surface area (TPSA) is 28.2 Å². The van der Waals surface area contributed by atoms with Crippen molar-refractivity contribution in [3.05, 3.63) is 29.6 Å². The molecule has 3 heteroatoms. The van der Waals surface area contributed by atoms with Crippen LogP contribution in [0.2, 0.25) is 0 Å². The zero-order chi connectivity index (χ0) is 11.7. The third-order valence-corrected chi connectivity index (χ3v) is 4.26. The summed E-state index contributed by atoms with van der Waals surface area (Å²) in [6.45, 7) is 6.66. The van der Waals surface area contributed by atoms with Gasteiger partial charge in [-0.05, 0) is 51.4 Å². The van der Waals surface area contributed by atoms with Crippen LogP contribution in [-0.2, 0) is 6.54 Å². The first kappa shape index (κ1) is 11.2. The summed E-state index contributed by atoms with van der Waals surface area (Å²) in [5.41, 5.74) is 2.78. The van der Waals surface area contributed by atoms with Gasteiger partial charge in [-0.3, -0.25) is 9.88 Å². The van der Waals surface area contributed by atoms with Gasteiger partial charge in [-0.25, -0.2) is 0 Å². The molecule has 1 N–H and O–H groups in total. The zero-order valence-electron chi connectivity index (χ0n) is 10.6. The molecule has 1 aromatic heterocycles. The van der Waals surface area contributed by atoms with Crippen molar-refractivity contribution in [3.63, 3.8) is 0 Å². The van der Waals surface area contributed by atoms with Crippen LogP contribution in [0.5, 0.6) is 0 Å². The van der Waals surface area contributed by atoms with Gasteiger partial charge in [0.05, 0.1) is 5.69 Å². The molecule has 0 amide bonds. The maximum Gasteiger partial charge on any atom is 0.0547 e. The van der Waals surface area contributed by atoms with E-state index in [2.05, 4.69) is 40.3 Å². The Kier molecular flexibility index (Phi) is 2.89. The maximum absolute atomic E-state index is 4.63. The Morgan fingerprint density at radius 3 is 3.12 bits per heavy atom. The second-order valence-electron chi connectivity index (χ2n) is 5.45. The van der Waals surface area contributed by atoms with E-state index in [1.807, 2.05) is 0 Å². The Morgan fingerprint density at radius 1 is 1.41 bits per heavy atom. The van der Waals surface area contributed by atoms with Gasteiger partial charge < -0.3 is 5.32 Å². The standard InChI is InChI=1S/C14H21N3/c1-12-4-2-5-13(16-12)10-17-9-3-6-14(17)7-8-15-11-14/h2,4-5,15H,3,6-11H2,1H3. The second kappa shape index (κ2) is 4.39. The van der Waals surface area contributed by atoms with Crippen LogP contribution in [0.15, 0.2) is 18.2 Å². The van der Waals surface area contributed by atoms with Crippen LogP contribution in [0.4, 0.5) is 0 Å². The molecule has 0 aromatic carbocycles. The van der Waals surface area contributed by atoms with E-state index in [-0.39, 0.29) is 0 Å². The highest BCUT2D eigenvalue weighted by Crippen LogP contribution is 2.35. The van der Waals surface area contributed by atoms with E-state index in [0.717, 1.165) is 12.2 Å². The highest BCUT2D eigenvalue weighted by Gasteiger charge is 2.42. The largest absolute Gasteiger partial charge is 0.315 e. The van der Waals surface area contributed by atoms with E-state index in [4.69, 9.17) is 0 Å². The molecule has 0 bridgehead atoms. The molecule has 0 radical (unpaired) electrons. The predicted octanol–water partition coefficient (Wildman–Crippen LogP) is 1.72. The number of rotatable bonds is 2. The number of nitrogens with zero attached hydrogens (tertiary/aromatic N) is 2. The van der Waals surface area contributed by atoms with Crippen LogP contribution in [0.3, 0.4) is 0 Å². The fourth-order valence-electron chi connectivity index (χ4n) is 3.34. The SMILES string of the molecule is Cc1cccc(CN2CCCC23CCNC3)n1. The molecule has 1 spiro atoms. The molecule has 3 heterocycles. The first-order chi connectivity index (χ1) is 8.28. The number of hydrogen-bond donors (Lipinski definition) is 1. The minimum Gasteiger partial charge on any atom is -0.315 e. The summed E-state index contributed by atoms with van der Waals surface area (Å²) in [5.74, 6) is 0. The summed E-state index contributed by atoms with van der Waals surface area (Å²) in [4.78, 5) is 7.28. The number of hydrogen-bond acceptors (Lipinski definition) is 3. The number of nitrogens with one attached hydrogen (secondary N) is 1. The monoisotopic (exact) mass is 231 g/mol. The maximum atomic E-state index is 4.63. The lowest BCUT2D eigenvalue weighted by molar-refractivity contribution is 0.146. The smallest absolute Gasteiger partial charge is 0.0547 e. The van der Waals surface area contributed by atoms with Gasteiger partial charge in [0.25, 0.3) is 0 Å². The lowest BCUT2D eigenvalue weighted by Crippen LogP contribution is -2.45. The molecular weight excluding hydrogens is 210 g/mol. The van der Waals surface area contributed by atoms with Gasteiger partial charge in [0, 0.05) is 24.3 Å². The average Bonchev–Trinajstić information content (AvgIpc) is 2.92. The van der Waals surface area contributed by atoms with Crippen LogP contribution in [-0.4, -0.2) is 35.1 Å². The quantitative estimate of drug-likeness (QED) is 0.840. The summed E-state index contributed by atoms with van der Waals surface area (Å²) >= 11 is 0. The number of aryl methyl sites for hydroxylation is 1. The van der Waals surface area contributed by atoms with Crippen molar-refractivity contribution < 1.29 is 0 Å². The average molecular weight is 231 g/mol. The van der Waals surface area contributed by atoms with Gasteiger partial charge in [0.15, 0.2) is 0 Å². The van der Waals surface area contributed by atoms with Crippen LogP contribution in [0.25, 0.3) is 0 Å². The fraction of sp³-hybridized carbons (Fsp3) is 0.643. The summed E-state index contributed by atoms with van der Waals surface area (Å²) in [7, 11) is 0. The van der Waals surface area contributed by atoms with E-state index >= 15 is 0 Å². The third kappa shape index (κ3) is 2.09. The molecule has 0 aliphatic carbocycles. The summed E-state index contributed by atoms with van der Waals surface area (Å²) in [6, 6.07) is 6.34. The molecule has 2 saturated heterocycles. The summed E-state index contributed by atoms with van der Waals surface area (Å²) in [5, 5.41) is 3.52. The van der Waals surface area contributed by atoms with Crippen molar-refractivity contribution in [1.29, 1.82) is 0 Å². The third-order valence-electron chi connectivity index (χ3n) is 4.26. The Balaban J connectivity index is 1.76. The Hall–Kier alpha value is -0.930. The Morgan fingerprint density at radius 2 is 2.35 bits per heavy atom. The molecule has 3 nitrogen and oxygen atoms in total. The molecule has 3 rings (SSSR count). The molecular formula is C14H21N3. The predicted molar refractivity (Wildman–Crippen MR) is 68.8 cm³/mol. The van der Waals surface area contributed by atoms with Gasteiger partial charge in [-0.15, -0.1) is 0 Å². The van der Waals surface area contributed by atoms with Crippen LogP contribution in [0, 0.1) is 6.92 Å². The van der Waals surface area contributed by atoms with Gasteiger partial charge in [0.1, 0.15) is 0 Å². The van der Waals surface area contributed by atoms with Crippen molar-refractivity contribution in [2.24, 2.45) is 0 Å². The molecule has 0 saturated carbocycles. The summed E-state index contributed by atoms with van der Waals surface area (Å²) < 4.78 is 0. The second-order valence-corrected chi connectivity index (χ2v) is 5.45. The van der Waals surface area contributed by atoms with Crippen molar-refractivity contribution in [3.8, 4) is 0 Å². The number of aromatic nitrogens is 1. The van der Waals surface area contributed by atoms with Crippen molar-refractivity contribution >= 4 is 0 Å². The lowest BCUT2D eigenvalue weighted by atomic mass is 9.95. The van der Waals surface area contributed by atoms with E-state index in [1.54, 1.807) is 0 Å². The van der Waals surface area contributed by atoms with Crippen LogP contribution >= 0.6 is 0 Å². The molecule has 92 valence electrons. The van der Waals surface area contributed by atoms with Crippen molar-refractivity contribution in [1.82, 2.24) is 15.2 Å². The van der Waals surface area contributed by atoms with E-state index < -0.39 is 0 Å². The highest BCUT2D eigenvalue weighted by atomic mass is 15.3. The van der Waals surface area contributed by atoms with Gasteiger partial charge in [-0.1, -0.05) is 6.07 Å². The van der Waals surface area contributed by atoms with Crippen LogP contribution < -0.4 is 5.32 Å². The molecule has 2 aliphatic heterocycles.